The molecule has 4 aromatic carbocycles. The lowest BCUT2D eigenvalue weighted by Gasteiger charge is -2.30. The van der Waals surface area contributed by atoms with E-state index in [1.807, 2.05) is 0 Å². The van der Waals surface area contributed by atoms with Gasteiger partial charge in [0.05, 0.1) is 16.7 Å². The zero-order chi connectivity index (χ0) is 28.9. The minimum Gasteiger partial charge on any atom is -0.166 e. The van der Waals surface area contributed by atoms with Gasteiger partial charge < -0.3 is 0 Å². The van der Waals surface area contributed by atoms with E-state index >= 15 is 0 Å². The van der Waals surface area contributed by atoms with Gasteiger partial charge in [0.25, 0.3) is 0 Å². The van der Waals surface area contributed by atoms with Crippen molar-refractivity contribution in [3.63, 3.8) is 0 Å². The molecule has 0 aromatic heterocycles. The van der Waals surface area contributed by atoms with Crippen molar-refractivity contribution in [1.29, 1.82) is 0 Å². The largest absolute Gasteiger partial charge is 0.417 e. The van der Waals surface area contributed by atoms with E-state index in [-0.39, 0.29) is 15.1 Å². The number of hydrogen-bond acceptors (Lipinski definition) is 0. The molecule has 0 nitrogen and oxygen atoms in total. The summed E-state index contributed by atoms with van der Waals surface area (Å²) in [5.41, 5.74) is -12.9. The number of hydrogen-bond donors (Lipinski definition) is 0. The molecule has 0 radical (unpaired) electrons. The molecule has 0 saturated carbocycles. The van der Waals surface area contributed by atoms with Gasteiger partial charge in [0.15, 0.2) is 0 Å². The van der Waals surface area contributed by atoms with Crippen LogP contribution in [0.15, 0.2) is 72.8 Å². The van der Waals surface area contributed by atoms with Gasteiger partial charge in [-0.3, -0.25) is 0 Å². The van der Waals surface area contributed by atoms with Crippen molar-refractivity contribution in [3.8, 4) is 33.4 Å². The third-order valence-electron chi connectivity index (χ3n) is 5.69. The first-order chi connectivity index (χ1) is 18.0. The SMILES string of the molecule is FC(F)(F)c1c(-c2cccc(Cl)c2)c(-c2cccc(Cl)c2)c(C(F)(F)F)c(C(F)(F)F)c1-c1cccc(Cl)c1. The predicted octanol–water partition coefficient (Wildman–Crippen LogP) is 11.7. The fourth-order valence-corrected chi connectivity index (χ4v) is 4.97. The summed E-state index contributed by atoms with van der Waals surface area (Å²) in [6.07, 6.45) is -17.2. The highest BCUT2D eigenvalue weighted by Gasteiger charge is 2.52. The zero-order valence-corrected chi connectivity index (χ0v) is 21.2. The lowest BCUT2D eigenvalue weighted by molar-refractivity contribution is -0.162. The molecule has 0 aliphatic carbocycles. The van der Waals surface area contributed by atoms with Crippen LogP contribution in [0.3, 0.4) is 0 Å². The van der Waals surface area contributed by atoms with E-state index in [0.29, 0.717) is 0 Å². The maximum atomic E-state index is 14.9. The van der Waals surface area contributed by atoms with Gasteiger partial charge in [-0.2, -0.15) is 39.5 Å². The smallest absolute Gasteiger partial charge is 0.166 e. The van der Waals surface area contributed by atoms with Crippen molar-refractivity contribution in [2.45, 2.75) is 18.5 Å². The van der Waals surface area contributed by atoms with Crippen LogP contribution in [0, 0.1) is 0 Å². The highest BCUT2D eigenvalue weighted by molar-refractivity contribution is 6.31. The molecule has 0 atom stereocenters. The Hall–Kier alpha value is -2.88. The second kappa shape index (κ2) is 10.3. The fraction of sp³-hybridized carbons (Fsp3) is 0.111. The van der Waals surface area contributed by atoms with E-state index in [1.165, 1.54) is 18.2 Å². The lowest BCUT2D eigenvalue weighted by atomic mass is 9.78. The Morgan fingerprint density at radius 3 is 0.974 bits per heavy atom. The van der Waals surface area contributed by atoms with Crippen LogP contribution in [0.5, 0.6) is 0 Å². The summed E-state index contributed by atoms with van der Waals surface area (Å²) in [7, 11) is 0. The number of rotatable bonds is 3. The summed E-state index contributed by atoms with van der Waals surface area (Å²) in [5, 5.41) is -0.653. The fourth-order valence-electron chi connectivity index (χ4n) is 4.40. The molecule has 0 unspecified atom stereocenters. The average molecular weight is 614 g/mol. The molecule has 4 rings (SSSR count). The highest BCUT2D eigenvalue weighted by Crippen LogP contribution is 2.57. The van der Waals surface area contributed by atoms with Gasteiger partial charge in [-0.25, -0.2) is 0 Å². The Balaban J connectivity index is 2.47. The van der Waals surface area contributed by atoms with E-state index in [2.05, 4.69) is 0 Å². The first kappa shape index (κ1) is 29.1. The summed E-state index contributed by atoms with van der Waals surface area (Å²) in [4.78, 5) is 0. The molecule has 39 heavy (non-hydrogen) atoms. The molecule has 0 aliphatic rings. The van der Waals surface area contributed by atoms with Crippen LogP contribution in [0.25, 0.3) is 33.4 Å². The normalized spacial score (nSPS) is 12.6. The average Bonchev–Trinajstić information content (AvgIpc) is 2.80. The van der Waals surface area contributed by atoms with Crippen molar-refractivity contribution >= 4 is 34.8 Å². The Labute approximate surface area is 230 Å². The first-order valence-corrected chi connectivity index (χ1v) is 11.9. The molecule has 4 aromatic rings. The summed E-state index contributed by atoms with van der Waals surface area (Å²) < 4.78 is 133. The van der Waals surface area contributed by atoms with Crippen LogP contribution in [0.1, 0.15) is 16.7 Å². The molecule has 0 N–H and O–H groups in total. The molecule has 0 heterocycles. The Bertz CT molecular complexity index is 1550. The van der Waals surface area contributed by atoms with E-state index in [1.54, 1.807) is 0 Å². The quantitative estimate of drug-likeness (QED) is 0.202. The molecule has 0 saturated heterocycles. The van der Waals surface area contributed by atoms with Gasteiger partial charge in [-0.1, -0.05) is 71.2 Å². The molecule has 0 bridgehead atoms. The predicted molar refractivity (Wildman–Crippen MR) is 133 cm³/mol. The van der Waals surface area contributed by atoms with E-state index < -0.39 is 68.6 Å². The number of alkyl halides is 9. The molecule has 0 fully saturated rings. The van der Waals surface area contributed by atoms with E-state index in [0.717, 1.165) is 54.6 Å². The minimum absolute atomic E-state index is 0.157. The van der Waals surface area contributed by atoms with Crippen LogP contribution in [-0.4, -0.2) is 0 Å². The van der Waals surface area contributed by atoms with E-state index in [9.17, 15) is 39.5 Å². The van der Waals surface area contributed by atoms with Gasteiger partial charge in [-0.15, -0.1) is 0 Å². The second-order valence-corrected chi connectivity index (χ2v) is 9.58. The van der Waals surface area contributed by atoms with Crippen LogP contribution in [0.2, 0.25) is 15.1 Å². The van der Waals surface area contributed by atoms with Gasteiger partial charge in [0.1, 0.15) is 0 Å². The molecule has 0 amide bonds. The highest BCUT2D eigenvalue weighted by atomic mass is 35.5. The summed E-state index contributed by atoms with van der Waals surface area (Å²) in [5.74, 6) is 0. The molecule has 0 aliphatic heterocycles. The lowest BCUT2D eigenvalue weighted by Crippen LogP contribution is -2.24. The van der Waals surface area contributed by atoms with Crippen molar-refractivity contribution in [2.24, 2.45) is 0 Å². The maximum absolute atomic E-state index is 14.9. The summed E-state index contributed by atoms with van der Waals surface area (Å²) in [6.45, 7) is 0. The van der Waals surface area contributed by atoms with Crippen LogP contribution < -0.4 is 0 Å². The number of benzene rings is 4. The van der Waals surface area contributed by atoms with Gasteiger partial charge in [0, 0.05) is 31.8 Å². The Morgan fingerprint density at radius 1 is 0.385 bits per heavy atom. The molecular formula is C27H12Cl3F9. The number of halogens is 12. The van der Waals surface area contributed by atoms with Crippen molar-refractivity contribution in [2.75, 3.05) is 0 Å². The summed E-state index contributed by atoms with van der Waals surface area (Å²) in [6, 6.07) is 12.3. The minimum atomic E-state index is -5.89. The van der Waals surface area contributed by atoms with Crippen molar-refractivity contribution in [3.05, 3.63) is 105 Å². The molecular weight excluding hydrogens is 602 g/mol. The van der Waals surface area contributed by atoms with Crippen LogP contribution >= 0.6 is 34.8 Å². The van der Waals surface area contributed by atoms with E-state index in [4.69, 9.17) is 34.8 Å². The maximum Gasteiger partial charge on any atom is 0.417 e. The van der Waals surface area contributed by atoms with Gasteiger partial charge >= 0.3 is 18.5 Å². The second-order valence-electron chi connectivity index (χ2n) is 8.27. The topological polar surface area (TPSA) is 0 Å². The van der Waals surface area contributed by atoms with Crippen molar-refractivity contribution in [1.82, 2.24) is 0 Å². The molecule has 204 valence electrons. The molecule has 0 spiro atoms. The third-order valence-corrected chi connectivity index (χ3v) is 6.40. The van der Waals surface area contributed by atoms with Crippen LogP contribution in [0.4, 0.5) is 39.5 Å². The Morgan fingerprint density at radius 2 is 0.667 bits per heavy atom. The summed E-state index contributed by atoms with van der Waals surface area (Å²) >= 11 is 17.8. The third kappa shape index (κ3) is 5.85. The van der Waals surface area contributed by atoms with Gasteiger partial charge in [0.2, 0.25) is 0 Å². The van der Waals surface area contributed by atoms with Crippen LogP contribution in [-0.2, 0) is 18.5 Å². The monoisotopic (exact) mass is 612 g/mol. The zero-order valence-electron chi connectivity index (χ0n) is 19.0. The standard InChI is InChI=1S/C27H12Cl3F9/c28-16-7-1-4-13(10-16)19-20(14-5-2-8-17(29)11-14)23(26(34,35)36)24(27(37,38)39)21(22(19)25(31,32)33)15-6-3-9-18(30)12-15/h1-12H. The first-order valence-electron chi connectivity index (χ1n) is 10.7. The Kier molecular flexibility index (Phi) is 7.66. The van der Waals surface area contributed by atoms with Crippen molar-refractivity contribution < 1.29 is 39.5 Å². The molecule has 12 heteroatoms. The van der Waals surface area contributed by atoms with Gasteiger partial charge in [-0.05, 0) is 53.1 Å².